The van der Waals surface area contributed by atoms with Gasteiger partial charge < -0.3 is 16.4 Å². The smallest absolute Gasteiger partial charge is 0.248 e. The lowest BCUT2D eigenvalue weighted by atomic mass is 9.93. The van der Waals surface area contributed by atoms with Gasteiger partial charge in [-0.05, 0) is 53.1 Å². The quantitative estimate of drug-likeness (QED) is 0.339. The molecule has 2 atom stereocenters. The van der Waals surface area contributed by atoms with E-state index in [2.05, 4.69) is 15.6 Å². The zero-order valence-electron chi connectivity index (χ0n) is 19.9. The number of fused-ring (bicyclic) bond motifs is 1. The molecular formula is C29H22F2N4O3. The Morgan fingerprint density at radius 3 is 2.50 bits per heavy atom. The average molecular weight is 513 g/mol. The van der Waals surface area contributed by atoms with E-state index < -0.39 is 35.4 Å². The standard InChI is InChI=1S/C29H22F2N4O3/c30-19-12-18(13-20(31)14-19)26(35-25(36)15-23-22-7-1-2-9-24(22)34-29(23)38)27-21(8-4-10-33-27)16-5-3-6-17(11-16)28(32)37/h1-14,23,26H,15H2,(H2,32,37)(H,34,38)(H,35,36)/t23-,26-/m0/s1. The summed E-state index contributed by atoms with van der Waals surface area (Å²) in [6.07, 6.45) is 1.31. The SMILES string of the molecule is NC(=O)c1cccc(-c2cccnc2[C@@H](NC(=O)C[C@@H]2C(=O)Nc3ccccc32)c2cc(F)cc(F)c2)c1. The van der Waals surface area contributed by atoms with Crippen molar-refractivity contribution in [1.82, 2.24) is 10.3 Å². The van der Waals surface area contributed by atoms with Crippen LogP contribution in [-0.4, -0.2) is 22.7 Å². The molecule has 3 amide bonds. The van der Waals surface area contributed by atoms with Gasteiger partial charge in [0.2, 0.25) is 17.7 Å². The molecule has 7 nitrogen and oxygen atoms in total. The summed E-state index contributed by atoms with van der Waals surface area (Å²) in [6, 6.07) is 18.9. The van der Waals surface area contributed by atoms with Gasteiger partial charge in [-0.25, -0.2) is 8.78 Å². The molecule has 3 aromatic carbocycles. The molecule has 0 saturated carbocycles. The lowest BCUT2D eigenvalue weighted by Gasteiger charge is -2.23. The maximum Gasteiger partial charge on any atom is 0.248 e. The van der Waals surface area contributed by atoms with Crippen molar-refractivity contribution in [1.29, 1.82) is 0 Å². The molecule has 9 heteroatoms. The van der Waals surface area contributed by atoms with Gasteiger partial charge in [0.15, 0.2) is 0 Å². The number of anilines is 1. The summed E-state index contributed by atoms with van der Waals surface area (Å²) in [4.78, 5) is 42.1. The van der Waals surface area contributed by atoms with Gasteiger partial charge in [0.25, 0.3) is 0 Å². The molecule has 0 spiro atoms. The van der Waals surface area contributed by atoms with Crippen molar-refractivity contribution < 1.29 is 23.2 Å². The van der Waals surface area contributed by atoms with Crippen LogP contribution < -0.4 is 16.4 Å². The predicted octanol–water partition coefficient (Wildman–Crippen LogP) is 4.46. The summed E-state index contributed by atoms with van der Waals surface area (Å²) >= 11 is 0. The average Bonchev–Trinajstić information content (AvgIpc) is 3.21. The van der Waals surface area contributed by atoms with Crippen molar-refractivity contribution in [3.8, 4) is 11.1 Å². The lowest BCUT2D eigenvalue weighted by molar-refractivity contribution is -0.125. The molecule has 4 aromatic rings. The summed E-state index contributed by atoms with van der Waals surface area (Å²) in [5, 5.41) is 5.58. The minimum Gasteiger partial charge on any atom is -0.366 e. The third kappa shape index (κ3) is 4.99. The number of hydrogen-bond acceptors (Lipinski definition) is 4. The molecule has 0 fully saturated rings. The molecule has 38 heavy (non-hydrogen) atoms. The van der Waals surface area contributed by atoms with Crippen LogP contribution in [0.15, 0.2) is 85.1 Å². The van der Waals surface area contributed by atoms with Gasteiger partial charge in [-0.1, -0.05) is 36.4 Å². The second-order valence-corrected chi connectivity index (χ2v) is 8.92. The van der Waals surface area contributed by atoms with Crippen molar-refractivity contribution in [2.75, 3.05) is 5.32 Å². The second-order valence-electron chi connectivity index (χ2n) is 8.92. The molecule has 5 rings (SSSR count). The minimum atomic E-state index is -1.07. The zero-order chi connectivity index (χ0) is 26.8. The molecule has 4 N–H and O–H groups in total. The summed E-state index contributed by atoms with van der Waals surface area (Å²) < 4.78 is 28.5. The van der Waals surface area contributed by atoms with Gasteiger partial charge in [-0.2, -0.15) is 0 Å². The fourth-order valence-electron chi connectivity index (χ4n) is 4.67. The van der Waals surface area contributed by atoms with Gasteiger partial charge in [0, 0.05) is 35.5 Å². The van der Waals surface area contributed by atoms with Crippen LogP contribution in [0.3, 0.4) is 0 Å². The van der Waals surface area contributed by atoms with Crippen LogP contribution >= 0.6 is 0 Å². The highest BCUT2D eigenvalue weighted by atomic mass is 19.1. The Hall–Kier alpha value is -4.92. The second kappa shape index (κ2) is 10.2. The minimum absolute atomic E-state index is 0.123. The third-order valence-electron chi connectivity index (χ3n) is 6.39. The number of rotatable bonds is 7. The fourth-order valence-corrected chi connectivity index (χ4v) is 4.67. The molecule has 1 aromatic heterocycles. The molecule has 1 aliphatic rings. The van der Waals surface area contributed by atoms with E-state index >= 15 is 0 Å². The van der Waals surface area contributed by atoms with Crippen molar-refractivity contribution in [2.45, 2.75) is 18.4 Å². The van der Waals surface area contributed by atoms with Crippen molar-refractivity contribution in [3.63, 3.8) is 0 Å². The van der Waals surface area contributed by atoms with Gasteiger partial charge in [-0.15, -0.1) is 0 Å². The number of nitrogens with zero attached hydrogens (tertiary/aromatic N) is 1. The lowest BCUT2D eigenvalue weighted by Crippen LogP contribution is -2.32. The number of amides is 3. The zero-order valence-corrected chi connectivity index (χ0v) is 19.9. The van der Waals surface area contributed by atoms with E-state index in [4.69, 9.17) is 5.73 Å². The molecule has 0 aliphatic carbocycles. The maximum atomic E-state index is 14.3. The van der Waals surface area contributed by atoms with E-state index in [1.807, 2.05) is 0 Å². The van der Waals surface area contributed by atoms with Crippen LogP contribution in [0.2, 0.25) is 0 Å². The molecule has 0 bridgehead atoms. The number of carbonyl (C=O) groups is 3. The predicted molar refractivity (Wildman–Crippen MR) is 137 cm³/mol. The molecule has 0 saturated heterocycles. The number of hydrogen-bond donors (Lipinski definition) is 3. The van der Waals surface area contributed by atoms with Crippen LogP contribution in [0.1, 0.15) is 45.6 Å². The first-order valence-corrected chi connectivity index (χ1v) is 11.8. The van der Waals surface area contributed by atoms with Crippen LogP contribution in [-0.2, 0) is 9.59 Å². The summed E-state index contributed by atoms with van der Waals surface area (Å²) in [5.41, 5.74) is 8.56. The van der Waals surface area contributed by atoms with Crippen molar-refractivity contribution in [2.24, 2.45) is 5.73 Å². The summed E-state index contributed by atoms with van der Waals surface area (Å²) in [6.45, 7) is 0. The van der Waals surface area contributed by atoms with E-state index in [-0.39, 0.29) is 23.5 Å². The number of pyridine rings is 1. The van der Waals surface area contributed by atoms with E-state index in [1.54, 1.807) is 60.7 Å². The Morgan fingerprint density at radius 1 is 0.974 bits per heavy atom. The molecule has 0 radical (unpaired) electrons. The van der Waals surface area contributed by atoms with E-state index in [1.165, 1.54) is 6.20 Å². The summed E-state index contributed by atoms with van der Waals surface area (Å²) in [7, 11) is 0. The summed E-state index contributed by atoms with van der Waals surface area (Å²) in [5.74, 6) is -3.81. The number of nitrogens with one attached hydrogen (secondary N) is 2. The number of carbonyl (C=O) groups excluding carboxylic acids is 3. The first kappa shape index (κ1) is 24.8. The number of halogens is 2. The number of benzene rings is 3. The molecule has 0 unspecified atom stereocenters. The number of primary amides is 1. The van der Waals surface area contributed by atoms with Gasteiger partial charge in [0.1, 0.15) is 11.6 Å². The number of nitrogens with two attached hydrogens (primary N) is 1. The molecular weight excluding hydrogens is 490 g/mol. The molecule has 190 valence electrons. The van der Waals surface area contributed by atoms with Crippen molar-refractivity contribution in [3.05, 3.63) is 119 Å². The monoisotopic (exact) mass is 512 g/mol. The highest BCUT2D eigenvalue weighted by Gasteiger charge is 2.33. The topological polar surface area (TPSA) is 114 Å². The Labute approximate surface area is 216 Å². The van der Waals surface area contributed by atoms with Gasteiger partial charge in [-0.3, -0.25) is 19.4 Å². The molecule has 2 heterocycles. The highest BCUT2D eigenvalue weighted by molar-refractivity contribution is 6.05. The van der Waals surface area contributed by atoms with Crippen LogP contribution in [0.5, 0.6) is 0 Å². The fraction of sp³-hybridized carbons (Fsp3) is 0.103. The molecule has 1 aliphatic heterocycles. The Balaban J connectivity index is 1.54. The van der Waals surface area contributed by atoms with E-state index in [0.717, 1.165) is 18.2 Å². The maximum absolute atomic E-state index is 14.3. The first-order chi connectivity index (χ1) is 18.3. The number of para-hydroxylation sites is 1. The van der Waals surface area contributed by atoms with Gasteiger partial charge in [0.05, 0.1) is 17.7 Å². The normalized spacial score (nSPS) is 14.9. The Bertz CT molecular complexity index is 1550. The van der Waals surface area contributed by atoms with Crippen molar-refractivity contribution >= 4 is 23.4 Å². The Morgan fingerprint density at radius 2 is 1.74 bits per heavy atom. The van der Waals surface area contributed by atoms with Crippen LogP contribution in [0.25, 0.3) is 11.1 Å². The third-order valence-corrected chi connectivity index (χ3v) is 6.39. The highest BCUT2D eigenvalue weighted by Crippen LogP contribution is 2.36. The Kier molecular flexibility index (Phi) is 6.66. The van der Waals surface area contributed by atoms with Crippen LogP contribution in [0, 0.1) is 11.6 Å². The van der Waals surface area contributed by atoms with Crippen LogP contribution in [0.4, 0.5) is 14.5 Å². The largest absolute Gasteiger partial charge is 0.366 e. The van der Waals surface area contributed by atoms with Gasteiger partial charge >= 0.3 is 0 Å². The van der Waals surface area contributed by atoms with E-state index in [0.29, 0.717) is 28.1 Å². The first-order valence-electron chi connectivity index (χ1n) is 11.8. The van der Waals surface area contributed by atoms with E-state index in [9.17, 15) is 23.2 Å². The number of aromatic nitrogens is 1.